The van der Waals surface area contributed by atoms with Crippen molar-refractivity contribution in [3.05, 3.63) is 0 Å². The number of nitrogens with zero attached hydrogens (tertiary/aromatic N) is 1. The summed E-state index contributed by atoms with van der Waals surface area (Å²) in [5, 5.41) is 11.7. The normalized spacial score (nSPS) is 27.1. The molecule has 0 bridgehead atoms. The lowest BCUT2D eigenvalue weighted by molar-refractivity contribution is -0.305. The second kappa shape index (κ2) is 5.72. The number of ether oxygens (including phenoxy) is 1. The van der Waals surface area contributed by atoms with Gasteiger partial charge in [0.25, 0.3) is 0 Å². The quantitative estimate of drug-likeness (QED) is 0.441. The van der Waals surface area contributed by atoms with Crippen LogP contribution in [0.15, 0.2) is 0 Å². The number of hydrogen-bond donors (Lipinski definition) is 2. The zero-order valence-electron chi connectivity index (χ0n) is 11.7. The number of carbonyl (C=O) groups is 2. The molecule has 0 aromatic carbocycles. The van der Waals surface area contributed by atoms with Gasteiger partial charge < -0.3 is 15.2 Å². The Morgan fingerprint density at radius 3 is 2.53 bits per heavy atom. The molecule has 0 saturated carbocycles. The Morgan fingerprint density at radius 2 is 2.05 bits per heavy atom. The lowest BCUT2D eigenvalue weighted by Crippen LogP contribution is -2.55. The predicted octanol–water partition coefficient (Wildman–Crippen LogP) is 0.530. The van der Waals surface area contributed by atoms with Gasteiger partial charge in [-0.2, -0.15) is 0 Å². The Bertz CT molecular complexity index is 359. The van der Waals surface area contributed by atoms with Gasteiger partial charge in [0.15, 0.2) is 6.23 Å². The van der Waals surface area contributed by atoms with Crippen LogP contribution in [-0.2, 0) is 19.3 Å². The average Bonchev–Trinajstić information content (AvgIpc) is 2.47. The molecule has 2 amide bonds. The number of carbonyl (C=O) groups excluding carboxylic acids is 1. The molecule has 19 heavy (non-hydrogen) atoms. The molecule has 1 saturated heterocycles. The standard InChI is InChI=1S/C11H20N2O6/c1-6-8(9(14)12-7(2)19-17-5)13(10(15)16)11(3,4)18-6/h6-8H,1-5H3,(H,12,14)(H,15,16)/t6-,7+,8+/m1/s1. The minimum absolute atomic E-state index is 0.495. The third kappa shape index (κ3) is 3.34. The molecule has 8 nitrogen and oxygen atoms in total. The molecule has 0 unspecified atom stereocenters. The van der Waals surface area contributed by atoms with Crippen molar-refractivity contribution in [1.29, 1.82) is 0 Å². The van der Waals surface area contributed by atoms with E-state index in [0.717, 1.165) is 4.90 Å². The zero-order valence-corrected chi connectivity index (χ0v) is 11.7. The van der Waals surface area contributed by atoms with E-state index in [4.69, 9.17) is 9.62 Å². The summed E-state index contributed by atoms with van der Waals surface area (Å²) in [6, 6.07) is -0.935. The fourth-order valence-electron chi connectivity index (χ4n) is 2.25. The Morgan fingerprint density at radius 1 is 1.47 bits per heavy atom. The molecule has 1 heterocycles. The Kier molecular flexibility index (Phi) is 4.72. The smallest absolute Gasteiger partial charge is 0.410 e. The molecular formula is C11H20N2O6. The molecule has 8 heteroatoms. The monoisotopic (exact) mass is 276 g/mol. The third-order valence-corrected chi connectivity index (χ3v) is 2.84. The largest absolute Gasteiger partial charge is 0.465 e. The first-order valence-electron chi connectivity index (χ1n) is 5.90. The van der Waals surface area contributed by atoms with Gasteiger partial charge in [-0.15, -0.1) is 0 Å². The summed E-state index contributed by atoms with van der Waals surface area (Å²) < 4.78 is 5.51. The summed E-state index contributed by atoms with van der Waals surface area (Å²) in [4.78, 5) is 33.6. The molecule has 3 atom stereocenters. The molecule has 1 rings (SSSR count). The second-order valence-corrected chi connectivity index (χ2v) is 4.78. The molecule has 110 valence electrons. The maximum Gasteiger partial charge on any atom is 0.410 e. The minimum atomic E-state index is -1.21. The zero-order chi connectivity index (χ0) is 14.8. The topological polar surface area (TPSA) is 97.3 Å². The summed E-state index contributed by atoms with van der Waals surface area (Å²) in [5.74, 6) is -0.495. The molecule has 0 aromatic rings. The van der Waals surface area contributed by atoms with Crippen LogP contribution in [0.25, 0.3) is 0 Å². The summed E-state index contributed by atoms with van der Waals surface area (Å²) in [6.45, 7) is 6.41. The third-order valence-electron chi connectivity index (χ3n) is 2.84. The van der Waals surface area contributed by atoms with Gasteiger partial charge in [-0.05, 0) is 27.7 Å². The van der Waals surface area contributed by atoms with E-state index in [1.807, 2.05) is 0 Å². The van der Waals surface area contributed by atoms with Crippen LogP contribution in [0.4, 0.5) is 4.79 Å². The van der Waals surface area contributed by atoms with Crippen molar-refractivity contribution in [3.8, 4) is 0 Å². The molecule has 1 aliphatic heterocycles. The van der Waals surface area contributed by atoms with E-state index in [1.54, 1.807) is 27.7 Å². The maximum absolute atomic E-state index is 12.1. The van der Waals surface area contributed by atoms with E-state index in [1.165, 1.54) is 7.11 Å². The van der Waals surface area contributed by atoms with E-state index in [-0.39, 0.29) is 0 Å². The van der Waals surface area contributed by atoms with Crippen LogP contribution in [-0.4, -0.2) is 53.2 Å². The molecule has 0 spiro atoms. The van der Waals surface area contributed by atoms with Crippen LogP contribution in [0.2, 0.25) is 0 Å². The van der Waals surface area contributed by atoms with Crippen molar-refractivity contribution in [2.24, 2.45) is 0 Å². The Labute approximate surface area is 111 Å². The molecule has 1 fully saturated rings. The lowest BCUT2D eigenvalue weighted by atomic mass is 10.1. The van der Waals surface area contributed by atoms with Gasteiger partial charge in [0.2, 0.25) is 5.91 Å². The fraction of sp³-hybridized carbons (Fsp3) is 0.818. The van der Waals surface area contributed by atoms with E-state index < -0.39 is 36.1 Å². The van der Waals surface area contributed by atoms with Gasteiger partial charge in [-0.3, -0.25) is 9.69 Å². The Balaban J connectivity index is 2.84. The number of amides is 2. The summed E-state index contributed by atoms with van der Waals surface area (Å²) >= 11 is 0. The van der Waals surface area contributed by atoms with E-state index in [9.17, 15) is 14.7 Å². The molecule has 0 aliphatic carbocycles. The van der Waals surface area contributed by atoms with Crippen LogP contribution in [0.1, 0.15) is 27.7 Å². The van der Waals surface area contributed by atoms with Crippen LogP contribution in [0.5, 0.6) is 0 Å². The van der Waals surface area contributed by atoms with Crippen molar-refractivity contribution < 1.29 is 29.2 Å². The van der Waals surface area contributed by atoms with Crippen molar-refractivity contribution >= 4 is 12.0 Å². The predicted molar refractivity (Wildman–Crippen MR) is 64.0 cm³/mol. The number of hydrogen-bond acceptors (Lipinski definition) is 5. The highest BCUT2D eigenvalue weighted by atomic mass is 17.2. The van der Waals surface area contributed by atoms with Crippen molar-refractivity contribution in [2.45, 2.75) is 51.8 Å². The van der Waals surface area contributed by atoms with E-state index in [2.05, 4.69) is 10.2 Å². The van der Waals surface area contributed by atoms with Crippen molar-refractivity contribution in [2.75, 3.05) is 7.11 Å². The second-order valence-electron chi connectivity index (χ2n) is 4.78. The van der Waals surface area contributed by atoms with Gasteiger partial charge in [-0.1, -0.05) is 0 Å². The molecule has 0 radical (unpaired) electrons. The summed E-state index contributed by atoms with van der Waals surface area (Å²) in [5.41, 5.74) is -1.06. The van der Waals surface area contributed by atoms with E-state index in [0.29, 0.717) is 0 Å². The van der Waals surface area contributed by atoms with Crippen LogP contribution in [0, 0.1) is 0 Å². The highest BCUT2D eigenvalue weighted by molar-refractivity contribution is 5.86. The number of nitrogens with one attached hydrogen (secondary N) is 1. The number of rotatable bonds is 4. The summed E-state index contributed by atoms with van der Waals surface area (Å²) in [7, 11) is 1.32. The van der Waals surface area contributed by atoms with Crippen LogP contribution in [0.3, 0.4) is 0 Å². The maximum atomic E-state index is 12.1. The van der Waals surface area contributed by atoms with Gasteiger partial charge in [0, 0.05) is 0 Å². The van der Waals surface area contributed by atoms with Crippen LogP contribution >= 0.6 is 0 Å². The lowest BCUT2D eigenvalue weighted by Gasteiger charge is -2.30. The SMILES string of the molecule is COO[C@@H](C)NC(=O)[C@@H]1[C@@H](C)OC(C)(C)N1C(=O)O. The molecule has 2 N–H and O–H groups in total. The summed E-state index contributed by atoms with van der Waals surface area (Å²) in [6.07, 6.45) is -2.46. The minimum Gasteiger partial charge on any atom is -0.465 e. The molecular weight excluding hydrogens is 256 g/mol. The first-order valence-corrected chi connectivity index (χ1v) is 5.90. The van der Waals surface area contributed by atoms with Gasteiger partial charge in [0.05, 0.1) is 13.2 Å². The average molecular weight is 276 g/mol. The van der Waals surface area contributed by atoms with Gasteiger partial charge in [-0.25, -0.2) is 14.6 Å². The number of carboxylic acid groups (broad SMARTS) is 1. The Hall–Kier alpha value is -1.38. The van der Waals surface area contributed by atoms with Gasteiger partial charge >= 0.3 is 6.09 Å². The van der Waals surface area contributed by atoms with E-state index >= 15 is 0 Å². The first kappa shape index (κ1) is 15.7. The highest BCUT2D eigenvalue weighted by Crippen LogP contribution is 2.32. The first-order chi connectivity index (χ1) is 8.70. The van der Waals surface area contributed by atoms with Crippen molar-refractivity contribution in [1.82, 2.24) is 10.2 Å². The highest BCUT2D eigenvalue weighted by Gasteiger charge is 2.51. The molecule has 1 aliphatic rings. The van der Waals surface area contributed by atoms with Crippen LogP contribution < -0.4 is 5.32 Å². The van der Waals surface area contributed by atoms with Crippen molar-refractivity contribution in [3.63, 3.8) is 0 Å². The van der Waals surface area contributed by atoms with Gasteiger partial charge in [0.1, 0.15) is 11.8 Å². The fourth-order valence-corrected chi connectivity index (χ4v) is 2.25. The molecule has 0 aromatic heterocycles.